The number of nitrogens with zero attached hydrogens (tertiary/aromatic N) is 1. The zero-order chi connectivity index (χ0) is 22.7. The van der Waals surface area contributed by atoms with E-state index in [9.17, 15) is 18.0 Å². The summed E-state index contributed by atoms with van der Waals surface area (Å²) in [5.41, 5.74) is 2.30. The van der Waals surface area contributed by atoms with Crippen LogP contribution in [0.4, 0.5) is 5.69 Å². The van der Waals surface area contributed by atoms with Crippen LogP contribution < -0.4 is 4.90 Å². The fourth-order valence-corrected chi connectivity index (χ4v) is 5.63. The summed E-state index contributed by atoms with van der Waals surface area (Å²) < 4.78 is 30.8. The second-order valence-corrected chi connectivity index (χ2v) is 9.98. The van der Waals surface area contributed by atoms with E-state index in [1.165, 1.54) is 4.90 Å². The molecule has 0 radical (unpaired) electrons. The molecule has 4 rings (SSSR count). The molecule has 1 amide bonds. The summed E-state index contributed by atoms with van der Waals surface area (Å²) in [5, 5.41) is 0. The first-order chi connectivity index (χ1) is 15.3. The summed E-state index contributed by atoms with van der Waals surface area (Å²) in [6.07, 6.45) is -0.985. The van der Waals surface area contributed by atoms with Crippen molar-refractivity contribution in [2.24, 2.45) is 0 Å². The van der Waals surface area contributed by atoms with Gasteiger partial charge in [-0.05, 0) is 43.3 Å². The summed E-state index contributed by atoms with van der Waals surface area (Å²) in [4.78, 5) is 27.6. The average Bonchev–Trinajstić information content (AvgIpc) is 3.09. The summed E-state index contributed by atoms with van der Waals surface area (Å²) in [7, 11) is -3.52. The van der Waals surface area contributed by atoms with Gasteiger partial charge in [-0.25, -0.2) is 13.2 Å². The van der Waals surface area contributed by atoms with Gasteiger partial charge < -0.3 is 9.64 Å². The molecule has 1 aliphatic rings. The van der Waals surface area contributed by atoms with Gasteiger partial charge in [0.15, 0.2) is 9.84 Å². The number of rotatable bonds is 5. The summed E-state index contributed by atoms with van der Waals surface area (Å²) in [5.74, 6) is -1.58. The predicted molar refractivity (Wildman–Crippen MR) is 123 cm³/mol. The second kappa shape index (κ2) is 8.96. The van der Waals surface area contributed by atoms with Gasteiger partial charge in [-0.15, -0.1) is 0 Å². The Kier molecular flexibility index (Phi) is 6.10. The Bertz CT molecular complexity index is 1210. The molecule has 32 heavy (non-hydrogen) atoms. The third kappa shape index (κ3) is 4.73. The van der Waals surface area contributed by atoms with Crippen molar-refractivity contribution in [1.29, 1.82) is 0 Å². The van der Waals surface area contributed by atoms with E-state index >= 15 is 0 Å². The predicted octanol–water partition coefficient (Wildman–Crippen LogP) is 3.66. The smallest absolute Gasteiger partial charge is 0.338 e. The molecule has 1 saturated heterocycles. The lowest BCUT2D eigenvalue weighted by atomic mass is 10.1. The van der Waals surface area contributed by atoms with Crippen molar-refractivity contribution in [2.75, 3.05) is 16.4 Å². The molecule has 0 aliphatic carbocycles. The van der Waals surface area contributed by atoms with Crippen molar-refractivity contribution < 1.29 is 22.7 Å². The molecule has 0 saturated carbocycles. The summed E-state index contributed by atoms with van der Waals surface area (Å²) >= 11 is 0. The molecule has 0 spiro atoms. The van der Waals surface area contributed by atoms with E-state index in [-0.39, 0.29) is 17.4 Å². The van der Waals surface area contributed by atoms with Crippen molar-refractivity contribution >= 4 is 27.4 Å². The van der Waals surface area contributed by atoms with Crippen LogP contribution in [-0.4, -0.2) is 43.9 Å². The van der Waals surface area contributed by atoms with Crippen LogP contribution in [0.25, 0.3) is 0 Å². The minimum Gasteiger partial charge on any atom is -0.455 e. The van der Waals surface area contributed by atoms with Crippen LogP contribution in [0.15, 0.2) is 84.9 Å². The molecule has 164 valence electrons. The number of sulfone groups is 1. The van der Waals surface area contributed by atoms with Crippen molar-refractivity contribution in [3.05, 3.63) is 102 Å². The van der Waals surface area contributed by atoms with Gasteiger partial charge in [0.2, 0.25) is 0 Å². The minimum absolute atomic E-state index is 0.286. The Hall–Kier alpha value is -3.45. The fraction of sp³-hybridized carbons (Fsp3) is 0.200. The molecule has 6 nitrogen and oxygen atoms in total. The maximum absolute atomic E-state index is 13.5. The van der Waals surface area contributed by atoms with Gasteiger partial charge >= 0.3 is 5.97 Å². The maximum Gasteiger partial charge on any atom is 0.338 e. The van der Waals surface area contributed by atoms with Crippen LogP contribution >= 0.6 is 0 Å². The SMILES string of the molecule is Cc1ccc(N(C(=O)c2ccccc2)[C@@H]2CS(=O)(=O)C[C@H]2OC(=O)c2ccccc2)cc1. The Morgan fingerprint density at radius 2 is 1.38 bits per heavy atom. The standard InChI is InChI=1S/C25H23NO5S/c1-18-12-14-21(15-13-18)26(24(27)19-8-4-2-5-9-19)22-16-32(29,30)17-23(22)31-25(28)20-10-6-3-7-11-20/h2-15,22-23H,16-17H2,1H3/t22-,23-/m1/s1. The molecule has 3 aromatic carbocycles. The first kappa shape index (κ1) is 21.8. The number of esters is 1. The Morgan fingerprint density at radius 1 is 0.812 bits per heavy atom. The lowest BCUT2D eigenvalue weighted by Gasteiger charge is -2.32. The normalized spacial score (nSPS) is 19.3. The van der Waals surface area contributed by atoms with Gasteiger partial charge in [-0.3, -0.25) is 4.79 Å². The molecule has 1 aliphatic heterocycles. The van der Waals surface area contributed by atoms with Crippen LogP contribution in [0.2, 0.25) is 0 Å². The highest BCUT2D eigenvalue weighted by Gasteiger charge is 2.46. The van der Waals surface area contributed by atoms with Crippen LogP contribution in [0.5, 0.6) is 0 Å². The van der Waals surface area contributed by atoms with Crippen LogP contribution in [-0.2, 0) is 14.6 Å². The van der Waals surface area contributed by atoms with Gasteiger partial charge in [0.05, 0.1) is 23.1 Å². The quantitative estimate of drug-likeness (QED) is 0.556. The average molecular weight is 450 g/mol. The number of ether oxygens (including phenoxy) is 1. The molecule has 0 aromatic heterocycles. The summed E-state index contributed by atoms with van der Waals surface area (Å²) in [6.45, 7) is 1.93. The molecular weight excluding hydrogens is 426 g/mol. The minimum atomic E-state index is -3.52. The van der Waals surface area contributed by atoms with E-state index in [0.717, 1.165) is 5.56 Å². The molecule has 3 aromatic rings. The molecule has 1 heterocycles. The van der Waals surface area contributed by atoms with E-state index in [1.807, 2.05) is 19.1 Å². The van der Waals surface area contributed by atoms with Gasteiger partial charge in [-0.1, -0.05) is 54.1 Å². The fourth-order valence-electron chi connectivity index (χ4n) is 3.81. The monoisotopic (exact) mass is 449 g/mol. The van der Waals surface area contributed by atoms with Gasteiger partial charge in [0, 0.05) is 11.3 Å². The molecule has 7 heteroatoms. The number of aryl methyl sites for hydroxylation is 1. The Morgan fingerprint density at radius 3 is 1.97 bits per heavy atom. The van der Waals surface area contributed by atoms with E-state index in [0.29, 0.717) is 16.8 Å². The van der Waals surface area contributed by atoms with Crippen molar-refractivity contribution in [3.63, 3.8) is 0 Å². The number of carbonyl (C=O) groups excluding carboxylic acids is 2. The second-order valence-electron chi connectivity index (χ2n) is 7.83. The largest absolute Gasteiger partial charge is 0.455 e. The number of amides is 1. The molecule has 0 N–H and O–H groups in total. The lowest BCUT2D eigenvalue weighted by molar-refractivity contribution is 0.0314. The highest BCUT2D eigenvalue weighted by Crippen LogP contribution is 2.29. The van der Waals surface area contributed by atoms with Gasteiger partial charge in [-0.2, -0.15) is 0 Å². The molecular formula is C25H23NO5S. The highest BCUT2D eigenvalue weighted by atomic mass is 32.2. The van der Waals surface area contributed by atoms with Crippen molar-refractivity contribution in [1.82, 2.24) is 0 Å². The Balaban J connectivity index is 1.72. The maximum atomic E-state index is 13.5. The number of anilines is 1. The van der Waals surface area contributed by atoms with Gasteiger partial charge in [0.1, 0.15) is 6.10 Å². The number of benzene rings is 3. The van der Waals surface area contributed by atoms with E-state index in [4.69, 9.17) is 4.74 Å². The third-order valence-corrected chi connectivity index (χ3v) is 7.11. The first-order valence-corrected chi connectivity index (χ1v) is 12.1. The number of hydrogen-bond donors (Lipinski definition) is 0. The zero-order valence-electron chi connectivity index (χ0n) is 17.5. The molecule has 2 atom stereocenters. The molecule has 0 unspecified atom stereocenters. The van der Waals surface area contributed by atoms with Crippen LogP contribution in [0, 0.1) is 6.92 Å². The topological polar surface area (TPSA) is 80.8 Å². The highest BCUT2D eigenvalue weighted by molar-refractivity contribution is 7.91. The first-order valence-electron chi connectivity index (χ1n) is 10.3. The zero-order valence-corrected chi connectivity index (χ0v) is 18.4. The van der Waals surface area contributed by atoms with Crippen LogP contribution in [0.1, 0.15) is 26.3 Å². The van der Waals surface area contributed by atoms with E-state index < -0.39 is 28.0 Å². The molecule has 1 fully saturated rings. The van der Waals surface area contributed by atoms with Crippen molar-refractivity contribution in [2.45, 2.75) is 19.1 Å². The summed E-state index contributed by atoms with van der Waals surface area (Å²) in [6, 6.07) is 23.5. The lowest BCUT2D eigenvalue weighted by Crippen LogP contribution is -2.48. The third-order valence-electron chi connectivity index (χ3n) is 5.42. The number of carbonyl (C=O) groups is 2. The van der Waals surface area contributed by atoms with E-state index in [1.54, 1.807) is 72.8 Å². The van der Waals surface area contributed by atoms with E-state index in [2.05, 4.69) is 0 Å². The van der Waals surface area contributed by atoms with Crippen molar-refractivity contribution in [3.8, 4) is 0 Å². The Labute approximate surface area is 187 Å². The van der Waals surface area contributed by atoms with Gasteiger partial charge in [0.25, 0.3) is 5.91 Å². The number of hydrogen-bond acceptors (Lipinski definition) is 5. The van der Waals surface area contributed by atoms with Crippen LogP contribution in [0.3, 0.4) is 0 Å². The molecule has 0 bridgehead atoms.